The predicted octanol–water partition coefficient (Wildman–Crippen LogP) is 1.60. The molecule has 0 spiro atoms. The van der Waals surface area contributed by atoms with Gasteiger partial charge in [-0.05, 0) is 6.92 Å². The first-order valence-corrected chi connectivity index (χ1v) is 14.6. The molecule has 0 bridgehead atoms. The van der Waals surface area contributed by atoms with E-state index in [2.05, 4.69) is 4.74 Å². The molecule has 9 heavy (non-hydrogen) atoms. The van der Waals surface area contributed by atoms with Gasteiger partial charge in [-0.25, -0.2) is 0 Å². The first kappa shape index (κ1) is 12.8. The van der Waals surface area contributed by atoms with Crippen LogP contribution in [0.3, 0.4) is 0 Å². The number of halogens is 3. The third-order valence-electron chi connectivity index (χ3n) is 0.235. The molecular weight excluding hydrogens is 293 g/mol. The van der Waals surface area contributed by atoms with E-state index in [1.165, 1.54) is 0 Å². The molecule has 0 aliphatic heterocycles. The van der Waals surface area contributed by atoms with Crippen LogP contribution in [0.5, 0.6) is 0 Å². The molecule has 0 atom stereocenters. The number of carbonyl (C=O) groups excluding carboxylic acids is 1. The standard InChI is InChI=1S/C3H6O2.3ClH.Sn.H/c1-2-5-3-4;;;;;/h3H,2H2,1H3;3*1H;;/q;;;;+3;/p-3. The predicted molar refractivity (Wildman–Crippen MR) is 42.4 cm³/mol. The van der Waals surface area contributed by atoms with E-state index in [1.807, 2.05) is 0 Å². The van der Waals surface area contributed by atoms with Crippen molar-refractivity contribution in [2.24, 2.45) is 0 Å². The van der Waals surface area contributed by atoms with Crippen LogP contribution in [-0.4, -0.2) is 29.5 Å². The van der Waals surface area contributed by atoms with Gasteiger partial charge in [0.15, 0.2) is 0 Å². The van der Waals surface area contributed by atoms with Crippen molar-refractivity contribution in [2.45, 2.75) is 6.92 Å². The number of carbonyl (C=O) groups is 1. The molecule has 6 heteroatoms. The van der Waals surface area contributed by atoms with Crippen molar-refractivity contribution in [1.82, 2.24) is 0 Å². The molecule has 0 radical (unpaired) electrons. The summed E-state index contributed by atoms with van der Waals surface area (Å²) < 4.78 is 4.15. The van der Waals surface area contributed by atoms with Crippen molar-refractivity contribution in [1.29, 1.82) is 0 Å². The van der Waals surface area contributed by atoms with Crippen LogP contribution in [0.2, 0.25) is 0 Å². The first-order valence-electron chi connectivity index (χ1n) is 2.12. The third-order valence-corrected chi connectivity index (χ3v) is 0.235. The second-order valence-electron chi connectivity index (χ2n) is 0.799. The minimum absolute atomic E-state index is 0.431. The average molecular weight is 300 g/mol. The number of ether oxygens (including phenoxy) is 1. The van der Waals surface area contributed by atoms with Crippen LogP contribution in [-0.2, 0) is 9.53 Å². The van der Waals surface area contributed by atoms with Crippen molar-refractivity contribution in [3.63, 3.8) is 0 Å². The summed E-state index contributed by atoms with van der Waals surface area (Å²) in [5, 5.41) is 0. The van der Waals surface area contributed by atoms with E-state index in [0.29, 0.717) is 13.1 Å². The van der Waals surface area contributed by atoms with Crippen molar-refractivity contribution >= 4 is 49.6 Å². The van der Waals surface area contributed by atoms with Gasteiger partial charge in [-0.15, -0.1) is 0 Å². The molecule has 0 rings (SSSR count). The van der Waals surface area contributed by atoms with E-state index in [0.717, 1.165) is 0 Å². The fourth-order valence-electron chi connectivity index (χ4n) is 0.0680. The molecule has 0 aromatic carbocycles. The first-order chi connectivity index (χ1) is 4.15. The summed E-state index contributed by atoms with van der Waals surface area (Å²) >= 11 is -2.22. The van der Waals surface area contributed by atoms with E-state index >= 15 is 0 Å². The van der Waals surface area contributed by atoms with Gasteiger partial charge in [-0.2, -0.15) is 0 Å². The van der Waals surface area contributed by atoms with Gasteiger partial charge in [-0.3, -0.25) is 4.79 Å². The van der Waals surface area contributed by atoms with Gasteiger partial charge in [0.2, 0.25) is 0 Å². The van der Waals surface area contributed by atoms with E-state index in [1.54, 1.807) is 6.92 Å². The van der Waals surface area contributed by atoms with Crippen molar-refractivity contribution in [2.75, 3.05) is 6.61 Å². The Morgan fingerprint density at radius 1 is 1.56 bits per heavy atom. The van der Waals surface area contributed by atoms with Gasteiger partial charge in [-0.1, -0.05) is 0 Å². The van der Waals surface area contributed by atoms with Crippen LogP contribution in [0.25, 0.3) is 0 Å². The Bertz CT molecular complexity index is 58.3. The van der Waals surface area contributed by atoms with Gasteiger partial charge in [0.05, 0.1) is 6.61 Å². The second kappa shape index (κ2) is 11.9. The number of hydrogen-bond acceptors (Lipinski definition) is 2. The zero-order valence-corrected chi connectivity index (χ0v) is 10.4. The molecule has 0 saturated heterocycles. The van der Waals surface area contributed by atoms with Crippen LogP contribution >= 0.6 is 26.8 Å². The molecule has 0 amide bonds. The molecule has 2 nitrogen and oxygen atoms in total. The van der Waals surface area contributed by atoms with Crippen LogP contribution < -0.4 is 0 Å². The van der Waals surface area contributed by atoms with E-state index in [4.69, 9.17) is 26.8 Å². The Balaban J connectivity index is 0. The van der Waals surface area contributed by atoms with E-state index in [-0.39, 0.29) is 0 Å². The SMILES string of the molecule is CCOC=O.[Cl][SnH]([Cl])[Cl]. The van der Waals surface area contributed by atoms with E-state index in [9.17, 15) is 4.79 Å². The van der Waals surface area contributed by atoms with Gasteiger partial charge in [0.25, 0.3) is 6.47 Å². The maximum atomic E-state index is 9.18. The molecule has 0 N–H and O–H groups in total. The van der Waals surface area contributed by atoms with Crippen molar-refractivity contribution in [3.05, 3.63) is 0 Å². The van der Waals surface area contributed by atoms with Crippen molar-refractivity contribution in [3.8, 4) is 0 Å². The Labute approximate surface area is 72.3 Å². The van der Waals surface area contributed by atoms with Gasteiger partial charge >= 0.3 is 43.1 Å². The Morgan fingerprint density at radius 3 is 1.89 bits per heavy atom. The number of rotatable bonds is 2. The summed E-state index contributed by atoms with van der Waals surface area (Å²) in [6.07, 6.45) is 0. The molecule has 0 heterocycles. The minimum atomic E-state index is -2.22. The quantitative estimate of drug-likeness (QED) is 0.572. The molecule has 0 aromatic rings. The molecule has 0 aromatic heterocycles. The summed E-state index contributed by atoms with van der Waals surface area (Å²) in [7, 11) is 15.0. The van der Waals surface area contributed by atoms with Crippen LogP contribution in [0.15, 0.2) is 0 Å². The summed E-state index contributed by atoms with van der Waals surface area (Å²) in [6, 6.07) is 0. The summed E-state index contributed by atoms with van der Waals surface area (Å²) in [6.45, 7) is 2.66. The fourth-order valence-corrected chi connectivity index (χ4v) is 0.0680. The van der Waals surface area contributed by atoms with Gasteiger partial charge < -0.3 is 4.74 Å². The number of hydrogen-bond donors (Lipinski definition) is 0. The summed E-state index contributed by atoms with van der Waals surface area (Å²) in [5.41, 5.74) is 0. The zero-order chi connectivity index (χ0) is 7.70. The normalized spacial score (nSPS) is 7.67. The van der Waals surface area contributed by atoms with E-state index < -0.39 is 16.4 Å². The molecular formula is C3H7Cl3O2Sn. The Morgan fingerprint density at radius 2 is 1.89 bits per heavy atom. The van der Waals surface area contributed by atoms with Crippen LogP contribution in [0.1, 0.15) is 6.92 Å². The summed E-state index contributed by atoms with van der Waals surface area (Å²) in [4.78, 5) is 9.18. The maximum absolute atomic E-state index is 9.18. The average Bonchev–Trinajstić information content (AvgIpc) is 1.66. The van der Waals surface area contributed by atoms with Gasteiger partial charge in [0, 0.05) is 0 Å². The zero-order valence-electron chi connectivity index (χ0n) is 4.81. The Kier molecular flexibility index (Phi) is 16.9. The molecule has 0 aliphatic rings. The topological polar surface area (TPSA) is 26.3 Å². The fraction of sp³-hybridized carbons (Fsp3) is 0.667. The molecule has 56 valence electrons. The summed E-state index contributed by atoms with van der Waals surface area (Å²) in [5.74, 6) is 0. The molecule has 0 unspecified atom stereocenters. The Hall–Kier alpha value is 1.14. The third kappa shape index (κ3) is 47.3. The van der Waals surface area contributed by atoms with Crippen LogP contribution in [0, 0.1) is 0 Å². The van der Waals surface area contributed by atoms with Gasteiger partial charge in [0.1, 0.15) is 0 Å². The molecule has 0 aliphatic carbocycles. The molecule has 0 saturated carbocycles. The van der Waals surface area contributed by atoms with Crippen molar-refractivity contribution < 1.29 is 9.53 Å². The van der Waals surface area contributed by atoms with Crippen LogP contribution in [0.4, 0.5) is 0 Å². The second-order valence-corrected chi connectivity index (χ2v) is 15.5. The molecule has 0 fully saturated rings. The monoisotopic (exact) mass is 300 g/mol.